The summed E-state index contributed by atoms with van der Waals surface area (Å²) < 4.78 is 2.57. The van der Waals surface area contributed by atoms with E-state index in [4.69, 9.17) is 0 Å². The van der Waals surface area contributed by atoms with E-state index >= 15 is 0 Å². The fourth-order valence-electron chi connectivity index (χ4n) is 5.43. The lowest BCUT2D eigenvalue weighted by molar-refractivity contribution is -0.427. The summed E-state index contributed by atoms with van der Waals surface area (Å²) in [5.41, 5.74) is 12.2. The quantitative estimate of drug-likeness (QED) is 0.425. The Morgan fingerprint density at radius 2 is 1.25 bits per heavy atom. The fourth-order valence-corrected chi connectivity index (χ4v) is 6.13. The molecule has 0 unspecified atom stereocenters. The molecule has 32 heavy (non-hydrogen) atoms. The maximum atomic E-state index is 4.03. The summed E-state index contributed by atoms with van der Waals surface area (Å²) in [5.74, 6) is 0. The van der Waals surface area contributed by atoms with Crippen LogP contribution in [0.25, 0.3) is 0 Å². The third kappa shape index (κ3) is 4.71. The number of hydrogen-bond donors (Lipinski definition) is 0. The van der Waals surface area contributed by atoms with E-state index < -0.39 is 0 Å². The highest BCUT2D eigenvalue weighted by molar-refractivity contribution is 9.26. The molecule has 0 saturated heterocycles. The first-order valence-corrected chi connectivity index (χ1v) is 12.4. The van der Waals surface area contributed by atoms with Crippen LogP contribution in [0.4, 0.5) is 11.4 Å². The summed E-state index contributed by atoms with van der Waals surface area (Å²) in [6.07, 6.45) is 0. The van der Waals surface area contributed by atoms with Crippen molar-refractivity contribution in [3.8, 4) is 0 Å². The zero-order valence-corrected chi connectivity index (χ0v) is 23.1. The van der Waals surface area contributed by atoms with E-state index in [1.807, 2.05) is 0 Å². The Morgan fingerprint density at radius 1 is 0.781 bits per heavy atom. The van der Waals surface area contributed by atoms with Crippen LogP contribution in [0.5, 0.6) is 0 Å². The third-order valence-electron chi connectivity index (χ3n) is 6.49. The summed E-state index contributed by atoms with van der Waals surface area (Å²) in [7, 11) is 8.66. The van der Waals surface area contributed by atoms with Crippen LogP contribution >= 0.6 is 15.8 Å². The normalized spacial score (nSPS) is 14.2. The largest absolute Gasteiger partial charge is 0.362 e. The first-order valence-electron chi connectivity index (χ1n) is 11.5. The van der Waals surface area contributed by atoms with Gasteiger partial charge in [-0.1, -0.05) is 35.4 Å². The maximum absolute atomic E-state index is 4.03. The lowest BCUT2D eigenvalue weighted by atomic mass is 9.32. The van der Waals surface area contributed by atoms with Crippen LogP contribution in [-0.2, 0) is 0 Å². The van der Waals surface area contributed by atoms with Gasteiger partial charge in [-0.15, -0.1) is 15.8 Å². The molecule has 0 atom stereocenters. The highest BCUT2D eigenvalue weighted by Crippen LogP contribution is 2.33. The fraction of sp³-hybridized carbons (Fsp3) is 0.480. The Labute approximate surface area is 204 Å². The smallest absolute Gasteiger partial charge is 0.342 e. The number of halogens is 1. The van der Waals surface area contributed by atoms with Gasteiger partial charge < -0.3 is 9.62 Å². The monoisotopic (exact) mass is 495 g/mol. The number of anilines is 1. The molecule has 2 aromatic carbocycles. The molecule has 4 nitrogen and oxygen atoms in total. The number of nitrogens with zero attached hydrogens (tertiary/aromatic N) is 4. The molecule has 0 spiro atoms. The number of rotatable bonds is 6. The molecule has 2 aromatic rings. The van der Waals surface area contributed by atoms with E-state index in [1.54, 1.807) is 0 Å². The molecule has 0 fully saturated rings. The molecular formula is C25H38B2BrN4+. The molecule has 1 aliphatic rings. The van der Waals surface area contributed by atoms with Gasteiger partial charge in [-0.2, -0.15) is 0 Å². The van der Waals surface area contributed by atoms with E-state index in [0.717, 1.165) is 13.1 Å². The Kier molecular flexibility index (Phi) is 7.63. The summed E-state index contributed by atoms with van der Waals surface area (Å²) in [4.78, 5) is 7.18. The van der Waals surface area contributed by atoms with Gasteiger partial charge >= 0.3 is 12.3 Å². The molecule has 0 saturated carbocycles. The lowest BCUT2D eigenvalue weighted by Crippen LogP contribution is -2.61. The molecule has 0 amide bonds. The van der Waals surface area contributed by atoms with Crippen LogP contribution in [0.15, 0.2) is 24.3 Å². The predicted molar refractivity (Wildman–Crippen MR) is 146 cm³/mol. The molecule has 1 aliphatic heterocycles. The second-order valence-corrected chi connectivity index (χ2v) is 10.8. The zero-order valence-electron chi connectivity index (χ0n) is 21.5. The van der Waals surface area contributed by atoms with Crippen LogP contribution in [0.3, 0.4) is 0 Å². The van der Waals surface area contributed by atoms with Gasteiger partial charge in [-0.05, 0) is 92.0 Å². The van der Waals surface area contributed by atoms with Crippen molar-refractivity contribution in [2.24, 2.45) is 0 Å². The Balaban J connectivity index is 2.34. The maximum Gasteiger partial charge on any atom is 0.362 e. The topological polar surface area (TPSA) is 12.7 Å². The predicted octanol–water partition coefficient (Wildman–Crippen LogP) is 4.72. The van der Waals surface area contributed by atoms with Gasteiger partial charge in [0, 0.05) is 0 Å². The van der Waals surface area contributed by atoms with E-state index in [1.165, 1.54) is 50.5 Å². The molecule has 0 aliphatic carbocycles. The second-order valence-electron chi connectivity index (χ2n) is 9.90. The summed E-state index contributed by atoms with van der Waals surface area (Å²) in [5, 5.41) is 0. The number of amidine groups is 1. The molecule has 170 valence electrons. The highest BCUT2D eigenvalue weighted by atomic mass is 79.9. The average molecular weight is 496 g/mol. The standard InChI is InChI=1S/C25H38B2BrN4/c1-17-13-19(3)23(20(4)14-17)31-11-12-32(24-21(5)15-18(2)16-22(24)6)25(31)26(29(7)8)27(28)30(9)10/h13-16H,11-12H2,1-10H3/q+1. The first-order chi connectivity index (χ1) is 14.9. The number of aryl methyl sites for hydroxylation is 6. The van der Waals surface area contributed by atoms with E-state index in [9.17, 15) is 0 Å². The average Bonchev–Trinajstić information content (AvgIpc) is 3.03. The Bertz CT molecular complexity index is 1000. The lowest BCUT2D eigenvalue weighted by Gasteiger charge is -2.29. The van der Waals surface area contributed by atoms with Crippen LogP contribution in [0.2, 0.25) is 0 Å². The van der Waals surface area contributed by atoms with E-state index in [-0.39, 0.29) is 12.3 Å². The molecule has 0 bridgehead atoms. The van der Waals surface area contributed by atoms with Gasteiger partial charge in [0.1, 0.15) is 24.5 Å². The van der Waals surface area contributed by atoms with Crippen molar-refractivity contribution in [2.45, 2.75) is 41.5 Å². The van der Waals surface area contributed by atoms with Crippen molar-refractivity contribution in [3.63, 3.8) is 0 Å². The number of hydrogen-bond acceptors (Lipinski definition) is 3. The molecule has 3 rings (SSSR count). The van der Waals surface area contributed by atoms with Gasteiger partial charge in [-0.25, -0.2) is 9.48 Å². The highest BCUT2D eigenvalue weighted by Gasteiger charge is 2.50. The van der Waals surface area contributed by atoms with Crippen molar-refractivity contribution >= 4 is 45.2 Å². The van der Waals surface area contributed by atoms with E-state index in [0.29, 0.717) is 0 Å². The van der Waals surface area contributed by atoms with E-state index in [2.05, 4.69) is 129 Å². The van der Waals surface area contributed by atoms with Crippen molar-refractivity contribution in [3.05, 3.63) is 57.6 Å². The number of benzene rings is 2. The SMILES string of the molecule is Cc1cc(C)c(N2CC[N+](c3c(C)cc(C)cc3C)=C2B(B(Br)N(C)C)N(C)C)c(C)c1. The van der Waals surface area contributed by atoms with Crippen LogP contribution < -0.4 is 4.90 Å². The van der Waals surface area contributed by atoms with Crippen molar-refractivity contribution in [2.75, 3.05) is 46.2 Å². The molecule has 0 aromatic heterocycles. The summed E-state index contributed by atoms with van der Waals surface area (Å²) in [6, 6.07) is 9.25. The van der Waals surface area contributed by atoms with Crippen LogP contribution in [0, 0.1) is 41.5 Å². The third-order valence-corrected chi connectivity index (χ3v) is 7.81. The molecular weight excluding hydrogens is 458 g/mol. The van der Waals surface area contributed by atoms with Crippen molar-refractivity contribution < 1.29 is 4.58 Å². The molecule has 0 N–H and O–H groups in total. The van der Waals surface area contributed by atoms with Crippen molar-refractivity contribution in [1.29, 1.82) is 0 Å². The molecule has 0 radical (unpaired) electrons. The first kappa shape index (κ1) is 25.1. The summed E-state index contributed by atoms with van der Waals surface area (Å²) >= 11 is 4.03. The minimum absolute atomic E-state index is 0.174. The van der Waals surface area contributed by atoms with Gasteiger partial charge in [0.2, 0.25) is 5.73 Å². The summed E-state index contributed by atoms with van der Waals surface area (Å²) in [6.45, 7) is 15.5. The molecule has 7 heteroatoms. The van der Waals surface area contributed by atoms with Gasteiger partial charge in [0.15, 0.2) is 0 Å². The second kappa shape index (κ2) is 9.74. The van der Waals surface area contributed by atoms with Gasteiger partial charge in [0.25, 0.3) is 0 Å². The Hall–Kier alpha value is -1.56. The zero-order chi connectivity index (χ0) is 23.9. The van der Waals surface area contributed by atoms with Crippen LogP contribution in [-0.4, -0.2) is 73.5 Å². The minimum atomic E-state index is 0.174. The minimum Gasteiger partial charge on any atom is -0.342 e. The Morgan fingerprint density at radius 3 is 1.69 bits per heavy atom. The van der Waals surface area contributed by atoms with Crippen molar-refractivity contribution in [1.82, 2.24) is 9.62 Å². The molecule has 1 heterocycles. The van der Waals surface area contributed by atoms with Gasteiger partial charge in [-0.3, -0.25) is 0 Å². The van der Waals surface area contributed by atoms with Gasteiger partial charge in [0.05, 0.1) is 0 Å². The van der Waals surface area contributed by atoms with Crippen LogP contribution in [0.1, 0.15) is 33.4 Å².